The number of amides is 1. The fourth-order valence-corrected chi connectivity index (χ4v) is 4.51. The van der Waals surface area contributed by atoms with Crippen molar-refractivity contribution in [2.24, 2.45) is 0 Å². The average molecular weight is 607 g/mol. The van der Waals surface area contributed by atoms with E-state index < -0.39 is 0 Å². The van der Waals surface area contributed by atoms with Crippen LogP contribution < -0.4 is 0 Å². The van der Waals surface area contributed by atoms with Crippen LogP contribution in [0.5, 0.6) is 0 Å². The molecule has 0 spiro atoms. The molecule has 0 bridgehead atoms. The minimum atomic E-state index is -0.376. The van der Waals surface area contributed by atoms with Crippen molar-refractivity contribution in [2.75, 3.05) is 19.7 Å². The van der Waals surface area contributed by atoms with Gasteiger partial charge < -0.3 is 9.64 Å². The first-order valence-corrected chi connectivity index (χ1v) is 12.5. The van der Waals surface area contributed by atoms with E-state index in [4.69, 9.17) is 16.3 Å². The molecule has 0 N–H and O–H groups in total. The van der Waals surface area contributed by atoms with Crippen molar-refractivity contribution in [2.45, 2.75) is 13.0 Å². The molecular formula is C23H19Br2ClN6O2. The van der Waals surface area contributed by atoms with Crippen molar-refractivity contribution in [3.05, 3.63) is 85.8 Å². The molecular weight excluding hydrogens is 588 g/mol. The molecule has 2 aromatic heterocycles. The number of hydrogen-bond donors (Lipinski definition) is 0. The number of ether oxygens (including phenoxy) is 1. The van der Waals surface area contributed by atoms with E-state index in [1.807, 2.05) is 43.3 Å². The zero-order chi connectivity index (χ0) is 23.8. The number of morpholine rings is 1. The SMILES string of the molecule is Cc1c(C(=O)N2CCOC(c3cn(-c4ccc(Br)c(Cl)c4)nn3)C2)cnn1-c1ccc(Br)cc1. The van der Waals surface area contributed by atoms with Crippen LogP contribution in [0.2, 0.25) is 5.02 Å². The summed E-state index contributed by atoms with van der Waals surface area (Å²) < 4.78 is 11.1. The molecule has 8 nitrogen and oxygen atoms in total. The summed E-state index contributed by atoms with van der Waals surface area (Å²) in [5.41, 5.74) is 3.68. The second-order valence-corrected chi connectivity index (χ2v) is 10.0. The number of carbonyl (C=O) groups excluding carboxylic acids is 1. The van der Waals surface area contributed by atoms with Gasteiger partial charge in [-0.05, 0) is 65.3 Å². The molecule has 11 heteroatoms. The molecule has 2 aromatic carbocycles. The smallest absolute Gasteiger partial charge is 0.257 e. The van der Waals surface area contributed by atoms with Crippen LogP contribution in [0.25, 0.3) is 11.4 Å². The summed E-state index contributed by atoms with van der Waals surface area (Å²) in [4.78, 5) is 15.1. The van der Waals surface area contributed by atoms with Crippen LogP contribution in [0.4, 0.5) is 0 Å². The first-order chi connectivity index (χ1) is 16.4. The van der Waals surface area contributed by atoms with Gasteiger partial charge in [0, 0.05) is 15.5 Å². The second-order valence-electron chi connectivity index (χ2n) is 7.83. The zero-order valence-electron chi connectivity index (χ0n) is 18.0. The lowest BCUT2D eigenvalue weighted by Gasteiger charge is -2.31. The van der Waals surface area contributed by atoms with E-state index in [1.165, 1.54) is 0 Å². The van der Waals surface area contributed by atoms with Crippen LogP contribution >= 0.6 is 43.5 Å². The number of nitrogens with zero attached hydrogens (tertiary/aromatic N) is 6. The molecule has 1 amide bonds. The summed E-state index contributed by atoms with van der Waals surface area (Å²) in [7, 11) is 0. The van der Waals surface area contributed by atoms with Crippen molar-refractivity contribution < 1.29 is 9.53 Å². The van der Waals surface area contributed by atoms with Crippen LogP contribution in [0.3, 0.4) is 0 Å². The van der Waals surface area contributed by atoms with Gasteiger partial charge in [0.2, 0.25) is 0 Å². The monoisotopic (exact) mass is 604 g/mol. The molecule has 0 saturated carbocycles. The average Bonchev–Trinajstić information content (AvgIpc) is 3.48. The van der Waals surface area contributed by atoms with Crippen LogP contribution in [-0.2, 0) is 4.74 Å². The Bertz CT molecular complexity index is 1350. The number of benzene rings is 2. The van der Waals surface area contributed by atoms with Crippen molar-refractivity contribution in [3.8, 4) is 11.4 Å². The summed E-state index contributed by atoms with van der Waals surface area (Å²) >= 11 is 13.0. The van der Waals surface area contributed by atoms with Crippen molar-refractivity contribution >= 4 is 49.4 Å². The van der Waals surface area contributed by atoms with E-state index in [-0.39, 0.29) is 12.0 Å². The normalized spacial score (nSPS) is 16.1. The molecule has 1 aliphatic heterocycles. The Labute approximate surface area is 217 Å². The number of aromatic nitrogens is 5. The Hall–Kier alpha value is -2.53. The molecule has 174 valence electrons. The van der Waals surface area contributed by atoms with E-state index in [0.29, 0.717) is 36.0 Å². The maximum atomic E-state index is 13.3. The van der Waals surface area contributed by atoms with E-state index in [1.54, 1.807) is 32.7 Å². The fourth-order valence-electron chi connectivity index (χ4n) is 3.82. The van der Waals surface area contributed by atoms with Crippen molar-refractivity contribution in [3.63, 3.8) is 0 Å². The van der Waals surface area contributed by atoms with Crippen LogP contribution in [-0.4, -0.2) is 55.3 Å². The molecule has 34 heavy (non-hydrogen) atoms. The third kappa shape index (κ3) is 4.55. The second kappa shape index (κ2) is 9.61. The zero-order valence-corrected chi connectivity index (χ0v) is 22.0. The van der Waals surface area contributed by atoms with Gasteiger partial charge in [-0.2, -0.15) is 5.10 Å². The summed E-state index contributed by atoms with van der Waals surface area (Å²) in [6.45, 7) is 3.18. The molecule has 1 fully saturated rings. The van der Waals surface area contributed by atoms with Gasteiger partial charge in [-0.3, -0.25) is 4.79 Å². The highest BCUT2D eigenvalue weighted by Gasteiger charge is 2.30. The van der Waals surface area contributed by atoms with Crippen molar-refractivity contribution in [1.82, 2.24) is 29.7 Å². The lowest BCUT2D eigenvalue weighted by Crippen LogP contribution is -2.42. The van der Waals surface area contributed by atoms with E-state index >= 15 is 0 Å². The van der Waals surface area contributed by atoms with Gasteiger partial charge in [-0.1, -0.05) is 32.7 Å². The quantitative estimate of drug-likeness (QED) is 0.321. The third-order valence-corrected chi connectivity index (χ3v) is 7.43. The summed E-state index contributed by atoms with van der Waals surface area (Å²) in [6, 6.07) is 13.3. The lowest BCUT2D eigenvalue weighted by molar-refractivity contribution is -0.0248. The number of rotatable bonds is 4. The molecule has 1 saturated heterocycles. The first-order valence-electron chi connectivity index (χ1n) is 10.5. The Kier molecular flexibility index (Phi) is 6.57. The Balaban J connectivity index is 1.33. The molecule has 1 atom stereocenters. The van der Waals surface area contributed by atoms with Crippen molar-refractivity contribution in [1.29, 1.82) is 0 Å². The largest absolute Gasteiger partial charge is 0.368 e. The minimum Gasteiger partial charge on any atom is -0.368 e. The van der Waals surface area contributed by atoms with Gasteiger partial charge in [0.15, 0.2) is 0 Å². The van der Waals surface area contributed by atoms with Gasteiger partial charge >= 0.3 is 0 Å². The fraction of sp³-hybridized carbons (Fsp3) is 0.217. The molecule has 1 aliphatic rings. The highest BCUT2D eigenvalue weighted by Crippen LogP contribution is 2.27. The molecule has 5 rings (SSSR count). The Morgan fingerprint density at radius 1 is 1.15 bits per heavy atom. The standard InChI is InChI=1S/C23H19Br2ClN6O2/c1-14-18(11-27-32(14)16-4-2-15(24)3-5-16)23(33)30-8-9-34-22(13-30)21-12-31(29-28-21)17-6-7-19(25)20(26)10-17/h2-7,10-12,22H,8-9,13H2,1H3. The van der Waals surface area contributed by atoms with Gasteiger partial charge in [0.05, 0.1) is 53.2 Å². The van der Waals surface area contributed by atoms with Gasteiger partial charge in [0.1, 0.15) is 11.8 Å². The number of halogens is 3. The highest BCUT2D eigenvalue weighted by atomic mass is 79.9. The van der Waals surface area contributed by atoms with Gasteiger partial charge in [-0.25, -0.2) is 9.36 Å². The highest BCUT2D eigenvalue weighted by molar-refractivity contribution is 9.10. The maximum Gasteiger partial charge on any atom is 0.257 e. The molecule has 0 radical (unpaired) electrons. The lowest BCUT2D eigenvalue weighted by atomic mass is 10.1. The molecule has 0 aliphatic carbocycles. The molecule has 1 unspecified atom stereocenters. The third-order valence-electron chi connectivity index (χ3n) is 5.67. The van der Waals surface area contributed by atoms with Gasteiger partial charge in [0.25, 0.3) is 5.91 Å². The molecule has 3 heterocycles. The number of carbonyl (C=O) groups is 1. The predicted molar refractivity (Wildman–Crippen MR) is 135 cm³/mol. The maximum absolute atomic E-state index is 13.3. The predicted octanol–water partition coefficient (Wildman–Crippen LogP) is 5.15. The van der Waals surface area contributed by atoms with Gasteiger partial charge in [-0.15, -0.1) is 5.10 Å². The number of hydrogen-bond acceptors (Lipinski definition) is 5. The summed E-state index contributed by atoms with van der Waals surface area (Å²) in [5.74, 6) is -0.0822. The first kappa shape index (κ1) is 23.2. The van der Waals surface area contributed by atoms with Crippen LogP contribution in [0.15, 0.2) is 63.8 Å². The molecule has 4 aromatic rings. The minimum absolute atomic E-state index is 0.0822. The Morgan fingerprint density at radius 2 is 1.91 bits per heavy atom. The van der Waals surface area contributed by atoms with Crippen LogP contribution in [0.1, 0.15) is 27.8 Å². The van der Waals surface area contributed by atoms with Crippen LogP contribution in [0, 0.1) is 6.92 Å². The van der Waals surface area contributed by atoms with E-state index in [9.17, 15) is 4.79 Å². The topological polar surface area (TPSA) is 78.1 Å². The summed E-state index contributed by atoms with van der Waals surface area (Å²) in [5, 5.41) is 13.5. The Morgan fingerprint density at radius 3 is 2.68 bits per heavy atom. The van der Waals surface area contributed by atoms with E-state index in [0.717, 1.165) is 26.0 Å². The summed E-state index contributed by atoms with van der Waals surface area (Å²) in [6.07, 6.45) is 3.05. The van der Waals surface area contributed by atoms with E-state index in [2.05, 4.69) is 47.3 Å².